The minimum Gasteiger partial charge on any atom is -0.389 e. The summed E-state index contributed by atoms with van der Waals surface area (Å²) < 4.78 is 7.42. The second kappa shape index (κ2) is 10.8. The van der Waals surface area contributed by atoms with Gasteiger partial charge in [-0.15, -0.1) is 0 Å². The van der Waals surface area contributed by atoms with Crippen LogP contribution in [0.3, 0.4) is 0 Å². The van der Waals surface area contributed by atoms with Crippen LogP contribution in [0.5, 0.6) is 0 Å². The zero-order chi connectivity index (χ0) is 15.5. The highest BCUT2D eigenvalue weighted by Gasteiger charge is 2.09. The minimum absolute atomic E-state index is 0.401. The zero-order valence-corrected chi connectivity index (χ0v) is 13.7. The van der Waals surface area contributed by atoms with Crippen LogP contribution in [0.1, 0.15) is 45.2 Å². The number of hydrogen-bond acceptors (Lipinski definition) is 4. The highest BCUT2D eigenvalue weighted by Crippen LogP contribution is 2.12. The Labute approximate surface area is 128 Å². The molecular weight excluding hydrogens is 266 g/mol. The first-order chi connectivity index (χ1) is 10.2. The van der Waals surface area contributed by atoms with Crippen molar-refractivity contribution in [1.82, 2.24) is 15.1 Å². The predicted octanol–water partition coefficient (Wildman–Crippen LogP) is 2.10. The number of nitrogens with one attached hydrogen (secondary N) is 1. The van der Waals surface area contributed by atoms with Gasteiger partial charge in [0.25, 0.3) is 0 Å². The lowest BCUT2D eigenvalue weighted by molar-refractivity contribution is 0.0192. The Morgan fingerprint density at radius 2 is 2.19 bits per heavy atom. The molecule has 0 spiro atoms. The van der Waals surface area contributed by atoms with Gasteiger partial charge in [-0.1, -0.05) is 33.1 Å². The third-order valence-electron chi connectivity index (χ3n) is 3.66. The van der Waals surface area contributed by atoms with E-state index >= 15 is 0 Å². The van der Waals surface area contributed by atoms with Gasteiger partial charge in [0.1, 0.15) is 0 Å². The molecule has 0 fully saturated rings. The van der Waals surface area contributed by atoms with Gasteiger partial charge in [-0.25, -0.2) is 0 Å². The number of aryl methyl sites for hydroxylation is 1. The van der Waals surface area contributed by atoms with Crippen molar-refractivity contribution in [3.8, 4) is 0 Å². The molecule has 0 aliphatic carbocycles. The summed E-state index contributed by atoms with van der Waals surface area (Å²) in [6, 6.07) is 1.97. The first-order valence-corrected chi connectivity index (χ1v) is 8.10. The number of unbranched alkanes of at least 4 members (excludes halogenated alkanes) is 1. The maximum atomic E-state index is 9.88. The van der Waals surface area contributed by atoms with E-state index < -0.39 is 6.10 Å². The molecule has 0 saturated carbocycles. The summed E-state index contributed by atoms with van der Waals surface area (Å²) in [6.45, 7) is 6.78. The number of ether oxygens (including phenoxy) is 1. The van der Waals surface area contributed by atoms with E-state index in [9.17, 15) is 5.11 Å². The van der Waals surface area contributed by atoms with Gasteiger partial charge in [0.15, 0.2) is 0 Å². The number of aromatic nitrogens is 2. The van der Waals surface area contributed by atoms with Crippen LogP contribution < -0.4 is 5.32 Å². The third kappa shape index (κ3) is 8.19. The molecule has 1 aromatic rings. The lowest BCUT2D eigenvalue weighted by atomic mass is 10.0. The van der Waals surface area contributed by atoms with E-state index in [1.165, 1.54) is 19.3 Å². The van der Waals surface area contributed by atoms with Crippen molar-refractivity contribution in [1.29, 1.82) is 0 Å². The summed E-state index contributed by atoms with van der Waals surface area (Å²) in [7, 11) is 1.90. The van der Waals surface area contributed by atoms with E-state index in [1.54, 1.807) is 4.68 Å². The highest BCUT2D eigenvalue weighted by molar-refractivity contribution is 4.97. The molecule has 5 heteroatoms. The van der Waals surface area contributed by atoms with Gasteiger partial charge in [0.2, 0.25) is 0 Å². The minimum atomic E-state index is -0.461. The van der Waals surface area contributed by atoms with Gasteiger partial charge in [0.05, 0.1) is 18.4 Å². The fourth-order valence-corrected chi connectivity index (χ4v) is 2.25. The average molecular weight is 297 g/mol. The molecule has 2 atom stereocenters. The maximum absolute atomic E-state index is 9.88. The number of hydrogen-bond donors (Lipinski definition) is 2. The second-order valence-electron chi connectivity index (χ2n) is 5.72. The molecule has 122 valence electrons. The van der Waals surface area contributed by atoms with Gasteiger partial charge >= 0.3 is 0 Å². The number of aliphatic hydroxyl groups excluding tert-OH is 1. The fraction of sp³-hybridized carbons (Fsp3) is 0.812. The molecule has 1 heterocycles. The number of nitrogens with zero attached hydrogens (tertiary/aromatic N) is 2. The standard InChI is InChI=1S/C16H31N3O2/c1-4-6-7-14(5-2)12-21-13-16(20)11-17-10-15-8-9-19(3)18-15/h8-9,14,16-17,20H,4-7,10-13H2,1-3H3. The van der Waals surface area contributed by atoms with Crippen molar-refractivity contribution in [2.75, 3.05) is 19.8 Å². The van der Waals surface area contributed by atoms with E-state index in [2.05, 4.69) is 24.3 Å². The summed E-state index contributed by atoms with van der Waals surface area (Å²) in [5.41, 5.74) is 0.983. The lowest BCUT2D eigenvalue weighted by Crippen LogP contribution is -2.31. The lowest BCUT2D eigenvalue weighted by Gasteiger charge is -2.17. The first kappa shape index (κ1) is 18.1. The van der Waals surface area contributed by atoms with Crippen LogP contribution in [0.25, 0.3) is 0 Å². The van der Waals surface area contributed by atoms with Crippen molar-refractivity contribution in [2.45, 2.75) is 52.2 Å². The second-order valence-corrected chi connectivity index (χ2v) is 5.72. The third-order valence-corrected chi connectivity index (χ3v) is 3.66. The van der Waals surface area contributed by atoms with Crippen molar-refractivity contribution < 1.29 is 9.84 Å². The van der Waals surface area contributed by atoms with E-state index in [0.29, 0.717) is 25.6 Å². The van der Waals surface area contributed by atoms with E-state index in [0.717, 1.165) is 18.7 Å². The molecule has 0 amide bonds. The SMILES string of the molecule is CCCCC(CC)COCC(O)CNCc1ccn(C)n1. The summed E-state index contributed by atoms with van der Waals surface area (Å²) >= 11 is 0. The van der Waals surface area contributed by atoms with Crippen LogP contribution in [0, 0.1) is 5.92 Å². The summed E-state index contributed by atoms with van der Waals surface area (Å²) in [6.07, 6.45) is 6.32. The normalized spacial score (nSPS) is 14.3. The van der Waals surface area contributed by atoms with Crippen LogP contribution in [0.15, 0.2) is 12.3 Å². The van der Waals surface area contributed by atoms with E-state index in [-0.39, 0.29) is 0 Å². The monoisotopic (exact) mass is 297 g/mol. The molecule has 21 heavy (non-hydrogen) atoms. The van der Waals surface area contributed by atoms with Crippen molar-refractivity contribution in [3.63, 3.8) is 0 Å². The van der Waals surface area contributed by atoms with Crippen LogP contribution in [0.2, 0.25) is 0 Å². The molecule has 0 bridgehead atoms. The van der Waals surface area contributed by atoms with Crippen LogP contribution >= 0.6 is 0 Å². The molecular formula is C16H31N3O2. The van der Waals surface area contributed by atoms with Gasteiger partial charge in [0, 0.05) is 32.9 Å². The molecule has 1 rings (SSSR count). The Bertz CT molecular complexity index is 368. The summed E-state index contributed by atoms with van der Waals surface area (Å²) in [5, 5.41) is 17.4. The van der Waals surface area contributed by atoms with Crippen LogP contribution in [-0.4, -0.2) is 40.7 Å². The molecule has 1 aromatic heterocycles. The zero-order valence-electron chi connectivity index (χ0n) is 13.7. The number of aliphatic hydroxyl groups is 1. The van der Waals surface area contributed by atoms with Crippen LogP contribution in [0.4, 0.5) is 0 Å². The van der Waals surface area contributed by atoms with Crippen molar-refractivity contribution in [2.24, 2.45) is 13.0 Å². The van der Waals surface area contributed by atoms with Crippen LogP contribution in [-0.2, 0) is 18.3 Å². The maximum Gasteiger partial charge on any atom is 0.0897 e. The quantitative estimate of drug-likeness (QED) is 0.620. The molecule has 0 aliphatic rings. The number of rotatable bonds is 12. The van der Waals surface area contributed by atoms with Crippen molar-refractivity contribution >= 4 is 0 Å². The molecule has 0 aliphatic heterocycles. The molecule has 2 N–H and O–H groups in total. The molecule has 0 saturated heterocycles. The molecule has 2 unspecified atom stereocenters. The van der Waals surface area contributed by atoms with Crippen molar-refractivity contribution in [3.05, 3.63) is 18.0 Å². The smallest absolute Gasteiger partial charge is 0.0897 e. The Morgan fingerprint density at radius 1 is 1.38 bits per heavy atom. The largest absolute Gasteiger partial charge is 0.389 e. The molecule has 0 aromatic carbocycles. The molecule has 0 radical (unpaired) electrons. The first-order valence-electron chi connectivity index (χ1n) is 8.10. The fourth-order valence-electron chi connectivity index (χ4n) is 2.25. The molecule has 5 nitrogen and oxygen atoms in total. The van der Waals surface area contributed by atoms with Gasteiger partial charge in [-0.2, -0.15) is 5.10 Å². The van der Waals surface area contributed by atoms with Gasteiger partial charge in [-0.05, 0) is 18.4 Å². The predicted molar refractivity (Wildman–Crippen MR) is 85.0 cm³/mol. The summed E-state index contributed by atoms with van der Waals surface area (Å²) in [5.74, 6) is 0.624. The van der Waals surface area contributed by atoms with Gasteiger partial charge in [-0.3, -0.25) is 4.68 Å². The Morgan fingerprint density at radius 3 is 2.81 bits per heavy atom. The topological polar surface area (TPSA) is 59.3 Å². The Balaban J connectivity index is 2.06. The van der Waals surface area contributed by atoms with E-state index in [4.69, 9.17) is 4.74 Å². The Hall–Kier alpha value is -0.910. The Kier molecular flexibility index (Phi) is 9.30. The van der Waals surface area contributed by atoms with E-state index in [1.807, 2.05) is 19.3 Å². The average Bonchev–Trinajstić information content (AvgIpc) is 2.88. The summed E-state index contributed by atoms with van der Waals surface area (Å²) in [4.78, 5) is 0. The van der Waals surface area contributed by atoms with Gasteiger partial charge < -0.3 is 15.2 Å². The highest BCUT2D eigenvalue weighted by atomic mass is 16.5.